The number of nitrogens with one attached hydrogen (secondary N) is 1. The fourth-order valence-corrected chi connectivity index (χ4v) is 3.49. The number of carbonyl (C=O) groups is 2. The first-order valence-corrected chi connectivity index (χ1v) is 9.58. The van der Waals surface area contributed by atoms with Crippen molar-refractivity contribution in [2.45, 2.75) is 25.3 Å². The molecule has 0 spiro atoms. The van der Waals surface area contributed by atoms with E-state index in [0.717, 1.165) is 17.6 Å². The molecule has 2 heterocycles. The molecular weight excluding hydrogens is 372 g/mol. The smallest absolute Gasteiger partial charge is 0.321 e. The monoisotopic (exact) mass is 394 g/mol. The van der Waals surface area contributed by atoms with Gasteiger partial charge >= 0.3 is 5.97 Å². The van der Waals surface area contributed by atoms with Crippen molar-refractivity contribution in [2.24, 2.45) is 7.05 Å². The third kappa shape index (κ3) is 4.92. The van der Waals surface area contributed by atoms with E-state index < -0.39 is 29.1 Å². The minimum Gasteiger partial charge on any atom is -0.456 e. The molecule has 0 bridgehead atoms. The largest absolute Gasteiger partial charge is 0.456 e. The fourth-order valence-electron chi connectivity index (χ4n) is 2.54. The molecule has 2 rings (SSSR count). The Morgan fingerprint density at radius 1 is 1.37 bits per heavy atom. The highest BCUT2D eigenvalue weighted by Gasteiger charge is 2.20. The summed E-state index contributed by atoms with van der Waals surface area (Å²) in [6.07, 6.45) is 4.19. The van der Waals surface area contributed by atoms with Gasteiger partial charge in [-0.05, 0) is 19.9 Å². The minimum absolute atomic E-state index is 0.0662. The van der Waals surface area contributed by atoms with E-state index in [2.05, 4.69) is 16.4 Å². The molecule has 27 heavy (non-hydrogen) atoms. The number of ether oxygens (including phenoxy) is 1. The number of carbonyl (C=O) groups excluding carboxylic acids is 2. The van der Waals surface area contributed by atoms with Gasteiger partial charge in [0.1, 0.15) is 11.4 Å². The van der Waals surface area contributed by atoms with Gasteiger partial charge in [0.05, 0.1) is 6.20 Å². The molecule has 9 nitrogen and oxygen atoms in total. The summed E-state index contributed by atoms with van der Waals surface area (Å²) in [6, 6.07) is 1.72. The average Bonchev–Trinajstić information content (AvgIpc) is 3.17. The molecule has 1 N–H and O–H groups in total. The van der Waals surface area contributed by atoms with Crippen LogP contribution in [0.3, 0.4) is 0 Å². The standard InChI is InChI=1S/C17H22N4O5S/c1-5-6-21-12(2)7-15(13(21)3)16(22)11-26-17(23)9-19-27(24,25)14-8-18-20(4)10-14/h5,7-8,10,19H,1,6,9,11H2,2-4H3. The van der Waals surface area contributed by atoms with Crippen LogP contribution in [0.4, 0.5) is 0 Å². The van der Waals surface area contributed by atoms with Crippen LogP contribution in [-0.2, 0) is 33.1 Å². The van der Waals surface area contributed by atoms with E-state index in [0.29, 0.717) is 12.1 Å². The maximum atomic E-state index is 12.3. The average molecular weight is 394 g/mol. The number of Topliss-reactive ketones (excluding diaryl/α,β-unsaturated/α-hetero) is 1. The first-order valence-electron chi connectivity index (χ1n) is 8.10. The van der Waals surface area contributed by atoms with Crippen molar-refractivity contribution in [1.29, 1.82) is 0 Å². The van der Waals surface area contributed by atoms with Gasteiger partial charge in [-0.15, -0.1) is 6.58 Å². The van der Waals surface area contributed by atoms with Gasteiger partial charge in [-0.1, -0.05) is 6.08 Å². The third-order valence-corrected chi connectivity index (χ3v) is 5.30. The highest BCUT2D eigenvalue weighted by Crippen LogP contribution is 2.16. The van der Waals surface area contributed by atoms with Crippen LogP contribution >= 0.6 is 0 Å². The van der Waals surface area contributed by atoms with Crippen molar-refractivity contribution in [2.75, 3.05) is 13.2 Å². The summed E-state index contributed by atoms with van der Waals surface area (Å²) in [6.45, 7) is 6.87. The first-order chi connectivity index (χ1) is 12.7. The molecule has 10 heteroatoms. The number of rotatable bonds is 9. The molecule has 0 amide bonds. The lowest BCUT2D eigenvalue weighted by Crippen LogP contribution is -2.31. The van der Waals surface area contributed by atoms with Gasteiger partial charge < -0.3 is 9.30 Å². The Bertz CT molecular complexity index is 972. The Morgan fingerprint density at radius 2 is 2.07 bits per heavy atom. The number of aryl methyl sites for hydroxylation is 2. The molecule has 0 saturated heterocycles. The number of aromatic nitrogens is 3. The number of ketones is 1. The van der Waals surface area contributed by atoms with E-state index >= 15 is 0 Å². The molecular formula is C17H22N4O5S. The Balaban J connectivity index is 1.91. The van der Waals surface area contributed by atoms with Crippen LogP contribution in [-0.4, -0.2) is 47.7 Å². The molecule has 0 aliphatic rings. The maximum absolute atomic E-state index is 12.3. The van der Waals surface area contributed by atoms with E-state index in [1.165, 1.54) is 10.9 Å². The van der Waals surface area contributed by atoms with Gasteiger partial charge in [-0.25, -0.2) is 8.42 Å². The van der Waals surface area contributed by atoms with Gasteiger partial charge in [-0.3, -0.25) is 14.3 Å². The van der Waals surface area contributed by atoms with Gasteiger partial charge in [0.25, 0.3) is 0 Å². The van der Waals surface area contributed by atoms with Gasteiger partial charge in [0.15, 0.2) is 6.61 Å². The zero-order chi connectivity index (χ0) is 20.2. The number of allylic oxidation sites excluding steroid dienone is 1. The molecule has 2 aromatic heterocycles. The third-order valence-electron chi connectivity index (χ3n) is 3.95. The van der Waals surface area contributed by atoms with Gasteiger partial charge in [-0.2, -0.15) is 9.82 Å². The molecule has 0 aromatic carbocycles. The zero-order valence-electron chi connectivity index (χ0n) is 15.4. The Morgan fingerprint density at radius 3 is 2.67 bits per heavy atom. The quantitative estimate of drug-likeness (QED) is 0.381. The number of hydrogen-bond acceptors (Lipinski definition) is 6. The molecule has 0 radical (unpaired) electrons. The van der Waals surface area contributed by atoms with E-state index in [1.807, 2.05) is 11.5 Å². The number of esters is 1. The normalized spacial score (nSPS) is 11.4. The van der Waals surface area contributed by atoms with Crippen LogP contribution in [0.25, 0.3) is 0 Å². The number of sulfonamides is 1. The van der Waals surface area contributed by atoms with Crippen LogP contribution in [0.5, 0.6) is 0 Å². The van der Waals surface area contributed by atoms with Crippen molar-refractivity contribution < 1.29 is 22.7 Å². The zero-order valence-corrected chi connectivity index (χ0v) is 16.2. The second-order valence-electron chi connectivity index (χ2n) is 5.94. The highest BCUT2D eigenvalue weighted by atomic mass is 32.2. The second kappa shape index (κ2) is 8.31. The Labute approximate surface area is 157 Å². The van der Waals surface area contributed by atoms with Crippen molar-refractivity contribution >= 4 is 21.8 Å². The summed E-state index contributed by atoms with van der Waals surface area (Å²) in [5.74, 6) is -1.21. The predicted octanol–water partition coefficient (Wildman–Crippen LogP) is 0.729. The molecule has 0 aliphatic carbocycles. The highest BCUT2D eigenvalue weighted by molar-refractivity contribution is 7.89. The van der Waals surface area contributed by atoms with E-state index in [4.69, 9.17) is 4.74 Å². The first kappa shape index (κ1) is 20.6. The topological polar surface area (TPSA) is 112 Å². The SMILES string of the molecule is C=CCn1c(C)cc(C(=O)COC(=O)CNS(=O)(=O)c2cnn(C)c2)c1C. The van der Waals surface area contributed by atoms with Crippen molar-refractivity contribution in [3.63, 3.8) is 0 Å². The van der Waals surface area contributed by atoms with Crippen LogP contribution in [0.1, 0.15) is 21.7 Å². The van der Waals surface area contributed by atoms with E-state index in [1.54, 1.807) is 26.1 Å². The molecule has 146 valence electrons. The summed E-state index contributed by atoms with van der Waals surface area (Å²) in [7, 11) is -2.30. The molecule has 0 fully saturated rings. The van der Waals surface area contributed by atoms with E-state index in [-0.39, 0.29) is 10.7 Å². The number of nitrogens with zero attached hydrogens (tertiary/aromatic N) is 3. The minimum atomic E-state index is -3.87. The lowest BCUT2D eigenvalue weighted by Gasteiger charge is -2.07. The van der Waals surface area contributed by atoms with E-state index in [9.17, 15) is 18.0 Å². The van der Waals surface area contributed by atoms with Crippen LogP contribution in [0.2, 0.25) is 0 Å². The molecule has 0 aliphatic heterocycles. The van der Waals surface area contributed by atoms with Crippen molar-refractivity contribution in [3.05, 3.63) is 48.1 Å². The Kier molecular flexibility index (Phi) is 6.34. The summed E-state index contributed by atoms with van der Waals surface area (Å²) < 4.78 is 34.3. The van der Waals surface area contributed by atoms with Crippen molar-refractivity contribution in [3.8, 4) is 0 Å². The molecule has 0 atom stereocenters. The van der Waals surface area contributed by atoms with Crippen molar-refractivity contribution in [1.82, 2.24) is 19.1 Å². The van der Waals surface area contributed by atoms with Gasteiger partial charge in [0, 0.05) is 36.7 Å². The fraction of sp³-hybridized carbons (Fsp3) is 0.353. The number of hydrogen-bond donors (Lipinski definition) is 1. The lowest BCUT2D eigenvalue weighted by molar-refractivity contribution is -0.141. The predicted molar refractivity (Wildman–Crippen MR) is 97.8 cm³/mol. The van der Waals surface area contributed by atoms with Gasteiger partial charge in [0.2, 0.25) is 15.8 Å². The molecule has 0 saturated carbocycles. The summed E-state index contributed by atoms with van der Waals surface area (Å²) in [5, 5.41) is 3.76. The van der Waals surface area contributed by atoms with Crippen LogP contribution in [0.15, 0.2) is 36.0 Å². The lowest BCUT2D eigenvalue weighted by atomic mass is 10.1. The Hall–Kier alpha value is -2.72. The summed E-state index contributed by atoms with van der Waals surface area (Å²) in [5.41, 5.74) is 2.11. The van der Waals surface area contributed by atoms with Crippen LogP contribution < -0.4 is 4.72 Å². The maximum Gasteiger partial charge on any atom is 0.321 e. The molecule has 0 unspecified atom stereocenters. The molecule has 2 aromatic rings. The summed E-state index contributed by atoms with van der Waals surface area (Å²) >= 11 is 0. The second-order valence-corrected chi connectivity index (χ2v) is 7.71. The summed E-state index contributed by atoms with van der Waals surface area (Å²) in [4.78, 5) is 24.0. The van der Waals surface area contributed by atoms with Crippen LogP contribution in [0, 0.1) is 13.8 Å².